The molecule has 0 fully saturated rings. The summed E-state index contributed by atoms with van der Waals surface area (Å²) in [5.74, 6) is 1.48. The van der Waals surface area contributed by atoms with Gasteiger partial charge in [0, 0.05) is 43.0 Å². The van der Waals surface area contributed by atoms with Crippen molar-refractivity contribution in [2.75, 3.05) is 19.6 Å². The predicted octanol–water partition coefficient (Wildman–Crippen LogP) is 3.51. The molecule has 0 spiro atoms. The molecule has 0 aliphatic heterocycles. The van der Waals surface area contributed by atoms with Crippen LogP contribution in [0.1, 0.15) is 33.9 Å². The van der Waals surface area contributed by atoms with Crippen LogP contribution in [0.3, 0.4) is 0 Å². The lowest BCUT2D eigenvalue weighted by molar-refractivity contribution is 0.614. The summed E-state index contributed by atoms with van der Waals surface area (Å²) in [5.41, 5.74) is 2.94. The molecular weight excluding hydrogens is 431 g/mol. The second-order valence-corrected chi connectivity index (χ2v) is 7.18. The molecule has 1 atom stereocenters. The van der Waals surface area contributed by atoms with Crippen LogP contribution in [0, 0.1) is 6.92 Å². The van der Waals surface area contributed by atoms with E-state index in [1.54, 1.807) is 11.3 Å². The Labute approximate surface area is 165 Å². The van der Waals surface area contributed by atoms with Crippen LogP contribution in [0.25, 0.3) is 0 Å². The third-order valence-electron chi connectivity index (χ3n) is 4.08. The lowest BCUT2D eigenvalue weighted by atomic mass is 9.78. The minimum atomic E-state index is 0. The molecule has 4 nitrogen and oxygen atoms in total. The molecule has 0 bridgehead atoms. The minimum Gasteiger partial charge on any atom is -0.357 e. The number of aromatic nitrogens is 1. The van der Waals surface area contributed by atoms with E-state index in [1.807, 2.05) is 6.20 Å². The van der Waals surface area contributed by atoms with E-state index in [2.05, 4.69) is 53.7 Å². The van der Waals surface area contributed by atoms with Gasteiger partial charge in [-0.05, 0) is 31.4 Å². The number of hydrogen-bond donors (Lipinski definition) is 2. The van der Waals surface area contributed by atoms with Gasteiger partial charge in [0.05, 0.1) is 5.01 Å². The van der Waals surface area contributed by atoms with E-state index in [4.69, 9.17) is 4.99 Å². The van der Waals surface area contributed by atoms with Gasteiger partial charge >= 0.3 is 0 Å². The molecule has 1 aliphatic carbocycles. The number of nitrogens with one attached hydrogen (secondary N) is 2. The lowest BCUT2D eigenvalue weighted by Crippen LogP contribution is -2.39. The summed E-state index contributed by atoms with van der Waals surface area (Å²) in [6.45, 7) is 6.78. The highest BCUT2D eigenvalue weighted by atomic mass is 127. The number of aliphatic imine (C=N–C) groups is 1. The van der Waals surface area contributed by atoms with Gasteiger partial charge in [-0.2, -0.15) is 0 Å². The maximum atomic E-state index is 4.75. The normalized spacial score (nSPS) is 15.9. The quantitative estimate of drug-likeness (QED) is 0.398. The van der Waals surface area contributed by atoms with Crippen molar-refractivity contribution in [3.63, 3.8) is 0 Å². The molecule has 0 radical (unpaired) electrons. The molecular formula is C18H25IN4S. The molecule has 1 aromatic carbocycles. The summed E-state index contributed by atoms with van der Waals surface area (Å²) >= 11 is 1.76. The van der Waals surface area contributed by atoms with Crippen LogP contribution in [0.4, 0.5) is 0 Å². The monoisotopic (exact) mass is 456 g/mol. The smallest absolute Gasteiger partial charge is 0.191 e. The molecule has 2 N–H and O–H groups in total. The lowest BCUT2D eigenvalue weighted by Gasteiger charge is -2.28. The first-order valence-corrected chi connectivity index (χ1v) is 9.09. The Hall–Kier alpha value is -1.15. The summed E-state index contributed by atoms with van der Waals surface area (Å²) in [5, 5.41) is 7.91. The van der Waals surface area contributed by atoms with Gasteiger partial charge in [0.2, 0.25) is 0 Å². The van der Waals surface area contributed by atoms with E-state index >= 15 is 0 Å². The number of hydrogen-bond acceptors (Lipinski definition) is 3. The van der Waals surface area contributed by atoms with Gasteiger partial charge in [0.1, 0.15) is 0 Å². The van der Waals surface area contributed by atoms with Crippen LogP contribution >= 0.6 is 35.3 Å². The van der Waals surface area contributed by atoms with E-state index in [1.165, 1.54) is 21.0 Å². The number of thiazole rings is 1. The number of rotatable bonds is 6. The molecule has 130 valence electrons. The molecule has 1 heterocycles. The van der Waals surface area contributed by atoms with Crippen LogP contribution in [0.5, 0.6) is 0 Å². The molecule has 24 heavy (non-hydrogen) atoms. The highest BCUT2D eigenvalue weighted by Crippen LogP contribution is 2.34. The Kier molecular flexibility index (Phi) is 7.48. The minimum absolute atomic E-state index is 0. The molecule has 1 aromatic heterocycles. The number of guanidine groups is 1. The van der Waals surface area contributed by atoms with Crippen molar-refractivity contribution >= 4 is 41.3 Å². The highest BCUT2D eigenvalue weighted by molar-refractivity contribution is 14.0. The van der Waals surface area contributed by atoms with E-state index in [0.717, 1.165) is 38.4 Å². The predicted molar refractivity (Wildman–Crippen MR) is 113 cm³/mol. The highest BCUT2D eigenvalue weighted by Gasteiger charge is 2.24. The number of aryl methyl sites for hydroxylation is 1. The fourth-order valence-electron chi connectivity index (χ4n) is 2.87. The number of nitrogens with zero attached hydrogens (tertiary/aromatic N) is 2. The van der Waals surface area contributed by atoms with Crippen LogP contribution in [0.2, 0.25) is 0 Å². The van der Waals surface area contributed by atoms with Crippen LogP contribution in [-0.2, 0) is 12.8 Å². The number of halogens is 1. The molecule has 0 saturated carbocycles. The Morgan fingerprint density at radius 1 is 1.33 bits per heavy atom. The van der Waals surface area contributed by atoms with E-state index in [0.29, 0.717) is 5.92 Å². The van der Waals surface area contributed by atoms with Crippen molar-refractivity contribution in [3.8, 4) is 0 Å². The third-order valence-corrected chi connectivity index (χ3v) is 5.05. The van der Waals surface area contributed by atoms with Gasteiger partial charge in [0.25, 0.3) is 0 Å². The molecule has 2 aromatic rings. The largest absolute Gasteiger partial charge is 0.357 e. The number of fused-ring (bicyclic) bond motifs is 1. The Morgan fingerprint density at radius 3 is 2.88 bits per heavy atom. The van der Waals surface area contributed by atoms with Crippen molar-refractivity contribution < 1.29 is 0 Å². The second kappa shape index (κ2) is 9.36. The van der Waals surface area contributed by atoms with Crippen molar-refractivity contribution in [2.45, 2.75) is 32.6 Å². The fourth-order valence-corrected chi connectivity index (χ4v) is 3.66. The topological polar surface area (TPSA) is 49.3 Å². The third kappa shape index (κ3) is 4.92. The summed E-state index contributed by atoms with van der Waals surface area (Å²) in [4.78, 5) is 10.4. The summed E-state index contributed by atoms with van der Waals surface area (Å²) in [6, 6.07) is 8.68. The molecule has 3 rings (SSSR count). The summed E-state index contributed by atoms with van der Waals surface area (Å²) in [6.07, 6.45) is 4.03. The van der Waals surface area contributed by atoms with E-state index < -0.39 is 0 Å². The van der Waals surface area contributed by atoms with Crippen molar-refractivity contribution in [2.24, 2.45) is 4.99 Å². The molecule has 0 saturated heterocycles. The summed E-state index contributed by atoms with van der Waals surface area (Å²) < 4.78 is 0. The first kappa shape index (κ1) is 19.2. The van der Waals surface area contributed by atoms with E-state index in [-0.39, 0.29) is 24.0 Å². The zero-order valence-electron chi connectivity index (χ0n) is 14.2. The van der Waals surface area contributed by atoms with Gasteiger partial charge in [-0.3, -0.25) is 4.99 Å². The van der Waals surface area contributed by atoms with Gasteiger partial charge in [0.15, 0.2) is 5.96 Å². The SMILES string of the molecule is CCNC(=NCC1Cc2ccccc21)NCCc1ncc(C)s1.I. The zero-order chi connectivity index (χ0) is 16.1. The average molecular weight is 456 g/mol. The van der Waals surface area contributed by atoms with Gasteiger partial charge < -0.3 is 10.6 Å². The van der Waals surface area contributed by atoms with Crippen molar-refractivity contribution in [1.29, 1.82) is 0 Å². The van der Waals surface area contributed by atoms with Crippen LogP contribution < -0.4 is 10.6 Å². The molecule has 6 heteroatoms. The Bertz CT molecular complexity index is 683. The molecule has 1 aliphatic rings. The first-order chi connectivity index (χ1) is 11.3. The van der Waals surface area contributed by atoms with Gasteiger partial charge in [-0.1, -0.05) is 24.3 Å². The Balaban J connectivity index is 0.00000208. The average Bonchev–Trinajstić information content (AvgIpc) is 2.93. The molecule has 0 amide bonds. The van der Waals surface area contributed by atoms with Gasteiger partial charge in [-0.15, -0.1) is 35.3 Å². The van der Waals surface area contributed by atoms with Crippen molar-refractivity contribution in [3.05, 3.63) is 51.5 Å². The first-order valence-electron chi connectivity index (χ1n) is 8.27. The Morgan fingerprint density at radius 2 is 2.17 bits per heavy atom. The van der Waals surface area contributed by atoms with Crippen LogP contribution in [0.15, 0.2) is 35.5 Å². The van der Waals surface area contributed by atoms with Crippen LogP contribution in [-0.4, -0.2) is 30.6 Å². The standard InChI is InChI=1S/C18H24N4S.HI/c1-3-19-18(20-9-8-17-21-11-13(2)23-17)22-12-15-10-14-6-4-5-7-16(14)15;/h4-7,11,15H,3,8-10,12H2,1-2H3,(H2,19,20,22);1H. The van der Waals surface area contributed by atoms with Gasteiger partial charge in [-0.25, -0.2) is 4.98 Å². The maximum Gasteiger partial charge on any atom is 0.191 e. The zero-order valence-corrected chi connectivity index (χ0v) is 17.4. The molecule has 1 unspecified atom stereocenters. The van der Waals surface area contributed by atoms with Crippen molar-refractivity contribution in [1.82, 2.24) is 15.6 Å². The second-order valence-electron chi connectivity index (χ2n) is 5.86. The summed E-state index contributed by atoms with van der Waals surface area (Å²) in [7, 11) is 0. The fraction of sp³-hybridized carbons (Fsp3) is 0.444. The van der Waals surface area contributed by atoms with E-state index in [9.17, 15) is 0 Å². The maximum absolute atomic E-state index is 4.75. The number of benzene rings is 1.